The molecular weight excluding hydrogens is 194 g/mol. The van der Waals surface area contributed by atoms with Gasteiger partial charge in [0.25, 0.3) is 0 Å². The lowest BCUT2D eigenvalue weighted by molar-refractivity contribution is -0.172. The van der Waals surface area contributed by atoms with E-state index >= 15 is 0 Å². The van der Waals surface area contributed by atoms with E-state index in [1.54, 1.807) is 0 Å². The molecule has 0 aliphatic carbocycles. The van der Waals surface area contributed by atoms with E-state index < -0.39 is 31.0 Å². The van der Waals surface area contributed by atoms with E-state index in [9.17, 15) is 22.4 Å². The van der Waals surface area contributed by atoms with Gasteiger partial charge >= 0.3 is 17.9 Å². The highest BCUT2D eigenvalue weighted by molar-refractivity contribution is 5.68. The Kier molecular flexibility index (Phi) is 2.13. The lowest BCUT2D eigenvalue weighted by Gasteiger charge is -2.14. The molecule has 1 rings (SSSR count). The molecule has 0 atom stereocenters. The van der Waals surface area contributed by atoms with Crippen LogP contribution >= 0.6 is 0 Å². The van der Waals surface area contributed by atoms with Crippen molar-refractivity contribution in [3.05, 3.63) is 0 Å². The molecule has 1 aliphatic heterocycles. The van der Waals surface area contributed by atoms with Crippen LogP contribution in [0.15, 0.2) is 0 Å². The molecule has 0 aromatic rings. The Labute approximate surface area is 71.3 Å². The first kappa shape index (κ1) is 10.1. The fourth-order valence-electron chi connectivity index (χ4n) is 1.02. The highest BCUT2D eigenvalue weighted by Crippen LogP contribution is 2.40. The number of halogens is 4. The monoisotopic (exact) mass is 201 g/mol. The predicted molar refractivity (Wildman–Crippen MR) is 33.9 cm³/mol. The van der Waals surface area contributed by atoms with Gasteiger partial charge in [-0.1, -0.05) is 0 Å². The molecule has 0 aromatic heterocycles. The van der Waals surface area contributed by atoms with Crippen molar-refractivity contribution >= 4 is 6.09 Å². The van der Waals surface area contributed by atoms with Crippen LogP contribution < -0.4 is 0 Å². The van der Waals surface area contributed by atoms with Gasteiger partial charge in [-0.05, 0) is 0 Å². The second kappa shape index (κ2) is 2.74. The van der Waals surface area contributed by atoms with Crippen molar-refractivity contribution in [1.29, 1.82) is 0 Å². The van der Waals surface area contributed by atoms with Crippen LogP contribution in [0.2, 0.25) is 0 Å². The molecule has 0 saturated carbocycles. The van der Waals surface area contributed by atoms with Gasteiger partial charge in [0.2, 0.25) is 0 Å². The lowest BCUT2D eigenvalue weighted by atomic mass is 10.2. The van der Waals surface area contributed by atoms with Crippen LogP contribution in [0.25, 0.3) is 0 Å². The van der Waals surface area contributed by atoms with Gasteiger partial charge in [0.1, 0.15) is 0 Å². The van der Waals surface area contributed by atoms with E-state index in [4.69, 9.17) is 0 Å². The number of carbonyl (C=O) groups excluding carboxylic acids is 1. The maximum absolute atomic E-state index is 12.5. The fourth-order valence-corrected chi connectivity index (χ4v) is 1.02. The number of carbonyl (C=O) groups is 1. The van der Waals surface area contributed by atoms with Gasteiger partial charge in [-0.25, -0.2) is 4.79 Å². The van der Waals surface area contributed by atoms with Crippen LogP contribution in [0.3, 0.4) is 0 Å². The zero-order valence-electron chi connectivity index (χ0n) is 6.69. The van der Waals surface area contributed by atoms with Gasteiger partial charge in [-0.15, -0.1) is 0 Å². The van der Waals surface area contributed by atoms with Gasteiger partial charge in [0.05, 0.1) is 20.2 Å². The summed E-state index contributed by atoms with van der Waals surface area (Å²) in [6.45, 7) is -2.60. The molecule has 3 nitrogen and oxygen atoms in total. The molecular formula is C6H7F4NO2. The minimum Gasteiger partial charge on any atom is -0.453 e. The minimum atomic E-state index is -4.17. The van der Waals surface area contributed by atoms with Crippen LogP contribution in [-0.2, 0) is 4.74 Å². The van der Waals surface area contributed by atoms with Gasteiger partial charge in [-0.3, -0.25) is 4.90 Å². The summed E-state index contributed by atoms with van der Waals surface area (Å²) in [4.78, 5) is 10.9. The molecule has 0 N–H and O–H groups in total. The van der Waals surface area contributed by atoms with Gasteiger partial charge in [0.15, 0.2) is 0 Å². The highest BCUT2D eigenvalue weighted by Gasteiger charge is 2.64. The molecule has 0 spiro atoms. The molecule has 1 fully saturated rings. The average molecular weight is 201 g/mol. The third kappa shape index (κ3) is 1.54. The van der Waals surface area contributed by atoms with E-state index in [1.165, 1.54) is 0 Å². The first-order chi connectivity index (χ1) is 5.80. The molecule has 1 heterocycles. The topological polar surface area (TPSA) is 29.5 Å². The summed E-state index contributed by atoms with van der Waals surface area (Å²) in [5, 5.41) is 0. The largest absolute Gasteiger partial charge is 0.453 e. The van der Waals surface area contributed by atoms with Gasteiger partial charge in [0, 0.05) is 0 Å². The summed E-state index contributed by atoms with van der Waals surface area (Å²) in [7, 11) is 0.941. The maximum Gasteiger partial charge on any atom is 0.409 e. The Bertz CT molecular complexity index is 215. The average Bonchev–Trinajstić information content (AvgIpc) is 2.20. The van der Waals surface area contributed by atoms with Crippen LogP contribution in [0.4, 0.5) is 22.4 Å². The zero-order valence-corrected chi connectivity index (χ0v) is 6.69. The fraction of sp³-hybridized carbons (Fsp3) is 0.833. The molecule has 1 aliphatic rings. The first-order valence-electron chi connectivity index (χ1n) is 3.39. The number of methoxy groups -OCH3 is 1. The standard InChI is InChI=1S/C6H7F4NO2/c1-13-4(12)11-2-5(7,8)6(9,10)3-11/h2-3H2,1H3. The van der Waals surface area contributed by atoms with E-state index in [0.717, 1.165) is 7.11 Å². The van der Waals surface area contributed by atoms with Gasteiger partial charge in [-0.2, -0.15) is 17.6 Å². The van der Waals surface area contributed by atoms with E-state index in [-0.39, 0.29) is 4.90 Å². The van der Waals surface area contributed by atoms with Crippen molar-refractivity contribution in [3.8, 4) is 0 Å². The zero-order chi connectivity index (χ0) is 10.3. The third-order valence-corrected chi connectivity index (χ3v) is 1.75. The number of nitrogens with zero attached hydrogens (tertiary/aromatic N) is 1. The van der Waals surface area contributed by atoms with Crippen LogP contribution in [0.1, 0.15) is 0 Å². The number of hydrogen-bond donors (Lipinski definition) is 0. The molecule has 13 heavy (non-hydrogen) atoms. The van der Waals surface area contributed by atoms with E-state index in [2.05, 4.69) is 4.74 Å². The Hall–Kier alpha value is -1.01. The quantitative estimate of drug-likeness (QED) is 0.553. The molecule has 76 valence electrons. The molecule has 7 heteroatoms. The van der Waals surface area contributed by atoms with E-state index in [1.807, 2.05) is 0 Å². The summed E-state index contributed by atoms with van der Waals surface area (Å²) in [5.41, 5.74) is 0. The molecule has 0 radical (unpaired) electrons. The second-order valence-corrected chi connectivity index (χ2v) is 2.73. The highest BCUT2D eigenvalue weighted by atomic mass is 19.3. The molecule has 0 bridgehead atoms. The minimum absolute atomic E-state index is 0.278. The van der Waals surface area contributed by atoms with Crippen LogP contribution in [-0.4, -0.2) is 43.0 Å². The van der Waals surface area contributed by atoms with Crippen molar-refractivity contribution in [3.63, 3.8) is 0 Å². The Balaban J connectivity index is 2.76. The number of likely N-dealkylation sites (tertiary alicyclic amines) is 1. The SMILES string of the molecule is COC(=O)N1CC(F)(F)C(F)(F)C1. The summed E-state index contributed by atoms with van der Waals surface area (Å²) < 4.78 is 53.9. The normalized spacial score (nSPS) is 24.5. The summed E-state index contributed by atoms with van der Waals surface area (Å²) in [5.74, 6) is -8.33. The number of alkyl halides is 4. The number of ether oxygens (including phenoxy) is 1. The number of amides is 1. The smallest absolute Gasteiger partial charge is 0.409 e. The summed E-state index contributed by atoms with van der Waals surface area (Å²) in [6, 6.07) is 0. The summed E-state index contributed by atoms with van der Waals surface area (Å²) in [6.07, 6.45) is -1.17. The first-order valence-corrected chi connectivity index (χ1v) is 3.39. The summed E-state index contributed by atoms with van der Waals surface area (Å²) >= 11 is 0. The van der Waals surface area contributed by atoms with Crippen molar-refractivity contribution in [2.75, 3.05) is 20.2 Å². The lowest BCUT2D eigenvalue weighted by Crippen LogP contribution is -2.38. The van der Waals surface area contributed by atoms with Crippen LogP contribution in [0.5, 0.6) is 0 Å². The Morgan fingerprint density at radius 3 is 1.92 bits per heavy atom. The van der Waals surface area contributed by atoms with Crippen LogP contribution in [0, 0.1) is 0 Å². The van der Waals surface area contributed by atoms with Gasteiger partial charge < -0.3 is 4.74 Å². The Morgan fingerprint density at radius 1 is 1.23 bits per heavy atom. The molecule has 0 unspecified atom stereocenters. The Morgan fingerprint density at radius 2 is 1.62 bits per heavy atom. The molecule has 0 aromatic carbocycles. The molecule has 1 saturated heterocycles. The van der Waals surface area contributed by atoms with Crippen molar-refractivity contribution < 1.29 is 27.1 Å². The third-order valence-electron chi connectivity index (χ3n) is 1.75. The molecule has 1 amide bonds. The van der Waals surface area contributed by atoms with Crippen molar-refractivity contribution in [2.45, 2.75) is 11.8 Å². The van der Waals surface area contributed by atoms with Crippen molar-refractivity contribution in [1.82, 2.24) is 4.90 Å². The maximum atomic E-state index is 12.5. The second-order valence-electron chi connectivity index (χ2n) is 2.73. The van der Waals surface area contributed by atoms with E-state index in [0.29, 0.717) is 0 Å². The predicted octanol–water partition coefficient (Wildman–Crippen LogP) is 1.34. The number of hydrogen-bond acceptors (Lipinski definition) is 2. The van der Waals surface area contributed by atoms with Crippen molar-refractivity contribution in [2.24, 2.45) is 0 Å². The number of rotatable bonds is 0.